The highest BCUT2D eigenvalue weighted by Crippen LogP contribution is 2.20. The van der Waals surface area contributed by atoms with E-state index in [0.29, 0.717) is 24.0 Å². The summed E-state index contributed by atoms with van der Waals surface area (Å²) in [5, 5.41) is 6.14. The van der Waals surface area contributed by atoms with E-state index >= 15 is 0 Å². The van der Waals surface area contributed by atoms with Gasteiger partial charge in [-0.1, -0.05) is 38.1 Å². The minimum atomic E-state index is -0.236. The van der Waals surface area contributed by atoms with E-state index in [9.17, 15) is 4.79 Å². The zero-order valence-electron chi connectivity index (χ0n) is 17.1. The van der Waals surface area contributed by atoms with E-state index < -0.39 is 0 Å². The molecule has 0 bridgehead atoms. The fourth-order valence-corrected chi connectivity index (χ4v) is 3.32. The topological polar surface area (TPSA) is 66.4 Å². The molecule has 0 saturated heterocycles. The molecule has 5 nitrogen and oxygen atoms in total. The molecule has 154 valence electrons. The molecule has 2 N–H and O–H groups in total. The predicted octanol–water partition coefficient (Wildman–Crippen LogP) is 5.76. The fraction of sp³-hybridized carbons (Fsp3) is 0.208. The van der Waals surface area contributed by atoms with Gasteiger partial charge in [-0.05, 0) is 75.8 Å². The van der Waals surface area contributed by atoms with Gasteiger partial charge in [0, 0.05) is 22.6 Å². The Morgan fingerprint density at radius 2 is 1.77 bits per heavy atom. The van der Waals surface area contributed by atoms with Crippen molar-refractivity contribution in [1.82, 2.24) is 10.3 Å². The number of halogens is 1. The van der Waals surface area contributed by atoms with Crippen LogP contribution in [0.3, 0.4) is 0 Å². The van der Waals surface area contributed by atoms with Gasteiger partial charge in [0.25, 0.3) is 5.91 Å². The average molecular weight is 465 g/mol. The van der Waals surface area contributed by atoms with Crippen LogP contribution in [-0.2, 0) is 6.54 Å². The Hall–Kier alpha value is -2.99. The Kier molecular flexibility index (Phi) is 7.74. The summed E-state index contributed by atoms with van der Waals surface area (Å²) in [6.07, 6.45) is 4.55. The lowest BCUT2D eigenvalue weighted by atomic mass is 9.99. The van der Waals surface area contributed by atoms with E-state index in [0.717, 1.165) is 22.1 Å². The lowest BCUT2D eigenvalue weighted by Gasteiger charge is -2.14. The Balaban J connectivity index is 1.80. The highest BCUT2D eigenvalue weighted by atomic mass is 79.9. The van der Waals surface area contributed by atoms with Gasteiger partial charge < -0.3 is 5.32 Å². The monoisotopic (exact) mass is 464 g/mol. The van der Waals surface area contributed by atoms with Crippen LogP contribution in [0.4, 0.5) is 5.69 Å². The number of pyridine rings is 1. The molecule has 0 radical (unpaired) electrons. The number of carbonyl (C=O) groups is 1. The number of amides is 1. The Morgan fingerprint density at radius 3 is 2.43 bits per heavy atom. The first-order valence-electron chi connectivity index (χ1n) is 9.93. The van der Waals surface area contributed by atoms with Crippen LogP contribution < -0.4 is 10.6 Å². The number of rotatable bonds is 6. The lowest BCUT2D eigenvalue weighted by molar-refractivity contribution is 0.0976. The van der Waals surface area contributed by atoms with Crippen molar-refractivity contribution in [3.8, 4) is 0 Å². The van der Waals surface area contributed by atoms with Crippen LogP contribution >= 0.6 is 15.9 Å². The third-order valence-corrected chi connectivity index (χ3v) is 5.57. The number of anilines is 1. The number of guanidine groups is 1. The van der Waals surface area contributed by atoms with E-state index in [-0.39, 0.29) is 5.91 Å². The summed E-state index contributed by atoms with van der Waals surface area (Å²) < 4.78 is 0.730. The highest BCUT2D eigenvalue weighted by molar-refractivity contribution is 9.10. The van der Waals surface area contributed by atoms with Gasteiger partial charge in [0.15, 0.2) is 0 Å². The van der Waals surface area contributed by atoms with Crippen LogP contribution in [0, 0.1) is 0 Å². The number of hydrogen-bond donors (Lipinski definition) is 2. The third-order valence-electron chi connectivity index (χ3n) is 4.87. The van der Waals surface area contributed by atoms with Gasteiger partial charge in [0.1, 0.15) is 0 Å². The van der Waals surface area contributed by atoms with Crippen molar-refractivity contribution in [2.75, 3.05) is 5.32 Å². The molecule has 0 saturated carbocycles. The van der Waals surface area contributed by atoms with Gasteiger partial charge in [0.05, 0.1) is 12.1 Å². The van der Waals surface area contributed by atoms with Crippen molar-refractivity contribution in [2.45, 2.75) is 32.7 Å². The number of carbonyl (C=O) groups excluding carboxylic acids is 1. The molecule has 1 unspecified atom stereocenters. The maximum atomic E-state index is 12.8. The largest absolute Gasteiger partial charge is 0.326 e. The SMILES string of the molecule is CCC(C)c1ccc(NC(=NCc2ccncc2)NC(=O)c2ccccc2Br)cc1. The maximum Gasteiger partial charge on any atom is 0.259 e. The summed E-state index contributed by atoms with van der Waals surface area (Å²) in [5.41, 5.74) is 3.70. The molecule has 30 heavy (non-hydrogen) atoms. The zero-order chi connectivity index (χ0) is 21.3. The normalized spacial score (nSPS) is 12.3. The first-order chi connectivity index (χ1) is 14.6. The summed E-state index contributed by atoms with van der Waals surface area (Å²) in [4.78, 5) is 21.4. The second-order valence-corrected chi connectivity index (χ2v) is 7.86. The summed E-state index contributed by atoms with van der Waals surface area (Å²) in [5.74, 6) is 0.664. The van der Waals surface area contributed by atoms with Crippen molar-refractivity contribution in [3.63, 3.8) is 0 Å². The van der Waals surface area contributed by atoms with Gasteiger partial charge in [0.2, 0.25) is 5.96 Å². The molecule has 1 atom stereocenters. The first kappa shape index (κ1) is 21.7. The van der Waals surface area contributed by atoms with E-state index in [1.54, 1.807) is 18.5 Å². The van der Waals surface area contributed by atoms with Crippen LogP contribution in [0.1, 0.15) is 47.7 Å². The molecular weight excluding hydrogens is 440 g/mol. The molecule has 6 heteroatoms. The number of aliphatic imine (C=N–C) groups is 1. The second kappa shape index (κ2) is 10.7. The maximum absolute atomic E-state index is 12.8. The summed E-state index contributed by atoms with van der Waals surface area (Å²) in [6.45, 7) is 4.81. The van der Waals surface area contributed by atoms with Gasteiger partial charge in [-0.3, -0.25) is 15.1 Å². The molecule has 1 amide bonds. The van der Waals surface area contributed by atoms with Crippen LogP contribution in [0.15, 0.2) is 82.5 Å². The first-order valence-corrected chi connectivity index (χ1v) is 10.7. The minimum Gasteiger partial charge on any atom is -0.326 e. The molecular formula is C24H25BrN4O. The van der Waals surface area contributed by atoms with Gasteiger partial charge in [-0.15, -0.1) is 0 Å². The molecule has 0 aliphatic heterocycles. The molecule has 0 fully saturated rings. The molecule has 0 spiro atoms. The lowest BCUT2D eigenvalue weighted by Crippen LogP contribution is -2.36. The molecule has 3 aromatic rings. The molecule has 0 aliphatic carbocycles. The summed E-state index contributed by atoms with van der Waals surface area (Å²) in [7, 11) is 0. The Morgan fingerprint density at radius 1 is 1.07 bits per heavy atom. The van der Waals surface area contributed by atoms with Crippen molar-refractivity contribution in [2.24, 2.45) is 4.99 Å². The molecule has 3 rings (SSSR count). The Bertz CT molecular complexity index is 1000. The van der Waals surface area contributed by atoms with Gasteiger partial charge >= 0.3 is 0 Å². The minimum absolute atomic E-state index is 0.236. The van der Waals surface area contributed by atoms with Gasteiger partial charge in [-0.2, -0.15) is 0 Å². The number of benzene rings is 2. The molecule has 1 aromatic heterocycles. The van der Waals surface area contributed by atoms with Crippen LogP contribution in [0.25, 0.3) is 0 Å². The third kappa shape index (κ3) is 6.00. The van der Waals surface area contributed by atoms with Crippen LogP contribution in [-0.4, -0.2) is 16.9 Å². The quantitative estimate of drug-likeness (QED) is 0.360. The van der Waals surface area contributed by atoms with Crippen LogP contribution in [0.2, 0.25) is 0 Å². The van der Waals surface area contributed by atoms with E-state index in [1.165, 1.54) is 5.56 Å². The van der Waals surface area contributed by atoms with Crippen molar-refractivity contribution >= 4 is 33.5 Å². The smallest absolute Gasteiger partial charge is 0.259 e. The van der Waals surface area contributed by atoms with Crippen LogP contribution in [0.5, 0.6) is 0 Å². The Labute approximate surface area is 185 Å². The fourth-order valence-electron chi connectivity index (χ4n) is 2.86. The highest BCUT2D eigenvalue weighted by Gasteiger charge is 2.12. The molecule has 2 aromatic carbocycles. The van der Waals surface area contributed by atoms with Crippen molar-refractivity contribution in [1.29, 1.82) is 0 Å². The molecule has 1 heterocycles. The van der Waals surface area contributed by atoms with Crippen molar-refractivity contribution < 1.29 is 4.79 Å². The van der Waals surface area contributed by atoms with E-state index in [1.807, 2.05) is 42.5 Å². The number of aromatic nitrogens is 1. The number of nitrogens with zero attached hydrogens (tertiary/aromatic N) is 2. The summed E-state index contributed by atoms with van der Waals surface area (Å²) in [6, 6.07) is 19.3. The second-order valence-electron chi connectivity index (χ2n) is 7.01. The standard InChI is InChI=1S/C24H25BrN4O/c1-3-17(2)19-8-10-20(11-9-19)28-24(27-16-18-12-14-26-15-13-18)29-23(30)21-6-4-5-7-22(21)25/h4-15,17H,3,16H2,1-2H3,(H2,27,28,29,30). The average Bonchev–Trinajstić information content (AvgIpc) is 2.78. The number of nitrogens with one attached hydrogen (secondary N) is 2. The predicted molar refractivity (Wildman–Crippen MR) is 126 cm³/mol. The van der Waals surface area contributed by atoms with Gasteiger partial charge in [-0.25, -0.2) is 4.99 Å². The zero-order valence-corrected chi connectivity index (χ0v) is 18.7. The van der Waals surface area contributed by atoms with Crippen molar-refractivity contribution in [3.05, 3.63) is 94.2 Å². The molecule has 0 aliphatic rings. The van der Waals surface area contributed by atoms with E-state index in [4.69, 9.17) is 0 Å². The number of hydrogen-bond acceptors (Lipinski definition) is 3. The van der Waals surface area contributed by atoms with E-state index in [2.05, 4.69) is 62.5 Å². The summed E-state index contributed by atoms with van der Waals surface area (Å²) >= 11 is 3.43.